The molecule has 5 rings (SSSR count). The van der Waals surface area contributed by atoms with Gasteiger partial charge < -0.3 is 15.2 Å². The Kier molecular flexibility index (Phi) is 5.51. The predicted octanol–water partition coefficient (Wildman–Crippen LogP) is 1.29. The molecule has 3 atom stereocenters. The van der Waals surface area contributed by atoms with Crippen LogP contribution in [-0.2, 0) is 16.1 Å². The van der Waals surface area contributed by atoms with Crippen LogP contribution in [0.25, 0.3) is 22.6 Å². The number of aromatic nitrogens is 6. The number of anilines is 1. The highest BCUT2D eigenvalue weighted by atomic mass is 16.2. The third kappa shape index (κ3) is 3.69. The van der Waals surface area contributed by atoms with Crippen molar-refractivity contribution < 1.29 is 14.1 Å². The zero-order chi connectivity index (χ0) is 24.0. The van der Waals surface area contributed by atoms with E-state index in [1.54, 1.807) is 19.4 Å². The summed E-state index contributed by atoms with van der Waals surface area (Å²) in [5, 5.41) is 6.22. The zero-order valence-electron chi connectivity index (χ0n) is 19.9. The lowest BCUT2D eigenvalue weighted by molar-refractivity contribution is -0.838. The second kappa shape index (κ2) is 8.39. The summed E-state index contributed by atoms with van der Waals surface area (Å²) in [7, 11) is 3.51. The van der Waals surface area contributed by atoms with Gasteiger partial charge >= 0.3 is 5.91 Å². The Morgan fingerprint density at radius 3 is 2.56 bits per heavy atom. The Morgan fingerprint density at radius 2 is 1.91 bits per heavy atom. The van der Waals surface area contributed by atoms with E-state index < -0.39 is 6.04 Å². The van der Waals surface area contributed by atoms with Gasteiger partial charge in [-0.2, -0.15) is 0 Å². The Balaban J connectivity index is 1.48. The first-order chi connectivity index (χ1) is 16.4. The van der Waals surface area contributed by atoms with E-state index in [1.807, 2.05) is 25.5 Å². The second-order valence-corrected chi connectivity index (χ2v) is 9.36. The number of aryl methyl sites for hydroxylation is 2. The van der Waals surface area contributed by atoms with Gasteiger partial charge in [-0.05, 0) is 26.7 Å². The average molecular weight is 465 g/mol. The predicted molar refractivity (Wildman–Crippen MR) is 125 cm³/mol. The van der Waals surface area contributed by atoms with E-state index in [-0.39, 0.29) is 28.3 Å². The Labute approximate surface area is 197 Å². The highest BCUT2D eigenvalue weighted by molar-refractivity contribution is 5.87. The molecule has 1 saturated heterocycles. The summed E-state index contributed by atoms with van der Waals surface area (Å²) in [6.07, 6.45) is 7.40. The number of amides is 2. The third-order valence-corrected chi connectivity index (χ3v) is 7.00. The Morgan fingerprint density at radius 1 is 1.18 bits per heavy atom. The number of likely N-dealkylation sites (N-methyl/N-ethyl adjacent to an activating group) is 2. The maximum atomic E-state index is 13.1. The lowest BCUT2D eigenvalue weighted by Gasteiger charge is -2.32. The molecule has 3 aromatic heterocycles. The van der Waals surface area contributed by atoms with Gasteiger partial charge in [0.05, 0.1) is 24.6 Å². The van der Waals surface area contributed by atoms with Crippen molar-refractivity contribution in [3.8, 4) is 11.4 Å². The van der Waals surface area contributed by atoms with Crippen molar-refractivity contribution in [3.63, 3.8) is 0 Å². The quantitative estimate of drug-likeness (QED) is 0.523. The fraction of sp³-hybridized carbons (Fsp3) is 0.522. The van der Waals surface area contributed by atoms with Crippen molar-refractivity contribution in [2.24, 2.45) is 5.92 Å². The summed E-state index contributed by atoms with van der Waals surface area (Å²) in [4.78, 5) is 48.3. The van der Waals surface area contributed by atoms with Crippen molar-refractivity contribution in [1.82, 2.24) is 34.8 Å². The standard InChI is InChI=1S/C23H29N9O2/c1-5-31-20(15-9-25-13(2)26-10-15)30-18-19(27-12-28-21(18)31)29-16-8-17(22(33)24-3)32(4,11-16)23(34)14-6-7-14/h9-10,12,14,16-17H,5-8,11H2,1-4H3,(H-,24,27,28,29,33)/p+1/t16?,17-,32?/m1/s1. The third-order valence-electron chi connectivity index (χ3n) is 7.00. The smallest absolute Gasteiger partial charge is 0.317 e. The maximum absolute atomic E-state index is 13.1. The molecular weight excluding hydrogens is 434 g/mol. The number of carbonyl (C=O) groups is 2. The number of hydrogen-bond donors (Lipinski definition) is 2. The molecule has 2 aliphatic rings. The fourth-order valence-electron chi connectivity index (χ4n) is 5.05. The minimum Gasteiger partial charge on any atom is -0.359 e. The molecule has 1 aliphatic heterocycles. The molecular formula is C23H30N9O2+. The van der Waals surface area contributed by atoms with Crippen LogP contribution in [0.2, 0.25) is 0 Å². The van der Waals surface area contributed by atoms with Crippen LogP contribution in [0.5, 0.6) is 0 Å². The van der Waals surface area contributed by atoms with Crippen molar-refractivity contribution >= 4 is 28.8 Å². The van der Waals surface area contributed by atoms with Crippen LogP contribution in [0, 0.1) is 12.8 Å². The van der Waals surface area contributed by atoms with Crippen molar-refractivity contribution in [1.29, 1.82) is 0 Å². The first kappa shape index (κ1) is 22.3. The van der Waals surface area contributed by atoms with Gasteiger partial charge in [-0.1, -0.05) is 0 Å². The number of likely N-dealkylation sites (tertiary alicyclic amines) is 1. The van der Waals surface area contributed by atoms with Crippen LogP contribution in [0.1, 0.15) is 32.0 Å². The highest BCUT2D eigenvalue weighted by Crippen LogP contribution is 2.38. The average Bonchev–Trinajstić information content (AvgIpc) is 3.53. The van der Waals surface area contributed by atoms with E-state index in [9.17, 15) is 9.59 Å². The largest absolute Gasteiger partial charge is 0.359 e. The van der Waals surface area contributed by atoms with Gasteiger partial charge in [0, 0.05) is 32.4 Å². The minimum atomic E-state index is -0.429. The SMILES string of the molecule is CCn1c(-c2cnc(C)nc2)nc2c(NC3C[C@H](C(=O)NC)[N+](C)(C(=O)C4CC4)C3)ncnc21. The van der Waals surface area contributed by atoms with E-state index in [2.05, 4.69) is 30.6 Å². The molecule has 4 heterocycles. The number of imidazole rings is 1. The van der Waals surface area contributed by atoms with Crippen LogP contribution < -0.4 is 10.6 Å². The first-order valence-corrected chi connectivity index (χ1v) is 11.7. The van der Waals surface area contributed by atoms with Crippen LogP contribution in [0.3, 0.4) is 0 Å². The molecule has 2 amide bonds. The van der Waals surface area contributed by atoms with Gasteiger partial charge in [0.2, 0.25) is 0 Å². The minimum absolute atomic E-state index is 0.0706. The number of quaternary nitrogens is 1. The molecule has 178 valence electrons. The number of hydrogen-bond acceptors (Lipinski definition) is 8. The van der Waals surface area contributed by atoms with Gasteiger partial charge in [-0.25, -0.2) is 29.7 Å². The summed E-state index contributed by atoms with van der Waals surface area (Å²) in [5.41, 5.74) is 2.16. The molecule has 0 bridgehead atoms. The molecule has 3 aromatic rings. The number of nitrogens with zero attached hydrogens (tertiary/aromatic N) is 7. The molecule has 2 N–H and O–H groups in total. The van der Waals surface area contributed by atoms with E-state index in [0.29, 0.717) is 42.3 Å². The van der Waals surface area contributed by atoms with Crippen LogP contribution in [-0.4, -0.2) is 78.5 Å². The first-order valence-electron chi connectivity index (χ1n) is 11.7. The normalized spacial score (nSPS) is 24.4. The highest BCUT2D eigenvalue weighted by Gasteiger charge is 2.56. The van der Waals surface area contributed by atoms with Crippen LogP contribution in [0.15, 0.2) is 18.7 Å². The number of nitrogens with one attached hydrogen (secondary N) is 2. The van der Waals surface area contributed by atoms with Crippen LogP contribution in [0.4, 0.5) is 5.82 Å². The Bertz CT molecular complexity index is 1250. The molecule has 2 unspecified atom stereocenters. The number of rotatable bonds is 6. The summed E-state index contributed by atoms with van der Waals surface area (Å²) >= 11 is 0. The van der Waals surface area contributed by atoms with Crippen LogP contribution >= 0.6 is 0 Å². The monoisotopic (exact) mass is 464 g/mol. The van der Waals surface area contributed by atoms with Crippen molar-refractivity contribution in [2.45, 2.75) is 51.7 Å². The van der Waals surface area contributed by atoms with Gasteiger partial charge in [-0.3, -0.25) is 9.28 Å². The molecule has 1 aliphatic carbocycles. The molecule has 0 radical (unpaired) electrons. The number of carbonyl (C=O) groups excluding carboxylic acids is 2. The Hall–Kier alpha value is -3.47. The van der Waals surface area contributed by atoms with Gasteiger partial charge in [-0.15, -0.1) is 0 Å². The van der Waals surface area contributed by atoms with E-state index >= 15 is 0 Å². The molecule has 34 heavy (non-hydrogen) atoms. The second-order valence-electron chi connectivity index (χ2n) is 9.36. The van der Waals surface area contributed by atoms with E-state index in [0.717, 1.165) is 24.2 Å². The van der Waals surface area contributed by atoms with E-state index in [1.165, 1.54) is 6.33 Å². The molecule has 1 saturated carbocycles. The molecule has 2 fully saturated rings. The summed E-state index contributed by atoms with van der Waals surface area (Å²) in [6.45, 7) is 5.06. The van der Waals surface area contributed by atoms with E-state index in [4.69, 9.17) is 4.98 Å². The van der Waals surface area contributed by atoms with Gasteiger partial charge in [0.1, 0.15) is 24.5 Å². The van der Waals surface area contributed by atoms with Gasteiger partial charge in [0.25, 0.3) is 5.91 Å². The molecule has 0 aromatic carbocycles. The summed E-state index contributed by atoms with van der Waals surface area (Å²) in [6, 6.07) is -0.535. The summed E-state index contributed by atoms with van der Waals surface area (Å²) in [5.74, 6) is 2.13. The molecule has 11 nitrogen and oxygen atoms in total. The molecule has 11 heteroatoms. The maximum Gasteiger partial charge on any atom is 0.317 e. The fourth-order valence-corrected chi connectivity index (χ4v) is 5.05. The van der Waals surface area contributed by atoms with Crippen molar-refractivity contribution in [3.05, 3.63) is 24.5 Å². The number of fused-ring (bicyclic) bond motifs is 1. The lowest BCUT2D eigenvalue weighted by Crippen LogP contribution is -2.58. The van der Waals surface area contributed by atoms with Crippen molar-refractivity contribution in [2.75, 3.05) is 26.0 Å². The zero-order valence-corrected chi connectivity index (χ0v) is 19.9. The topological polar surface area (TPSA) is 128 Å². The molecule has 0 spiro atoms. The van der Waals surface area contributed by atoms with Gasteiger partial charge in [0.15, 0.2) is 23.0 Å². The lowest BCUT2D eigenvalue weighted by atomic mass is 10.1. The summed E-state index contributed by atoms with van der Waals surface area (Å²) < 4.78 is 2.13.